The van der Waals surface area contributed by atoms with Gasteiger partial charge < -0.3 is 14.8 Å². The van der Waals surface area contributed by atoms with Gasteiger partial charge in [-0.3, -0.25) is 14.4 Å². The van der Waals surface area contributed by atoms with Crippen molar-refractivity contribution in [1.82, 2.24) is 25.0 Å². The smallest absolute Gasteiger partial charge is 0.270 e. The molecule has 1 aliphatic rings. The van der Waals surface area contributed by atoms with E-state index < -0.39 is 0 Å². The first-order valence-electron chi connectivity index (χ1n) is 10.4. The Morgan fingerprint density at radius 2 is 2.10 bits per heavy atom. The zero-order valence-corrected chi connectivity index (χ0v) is 19.3. The Labute approximate surface area is 186 Å². The third-order valence-corrected chi connectivity index (χ3v) is 6.69. The van der Waals surface area contributed by atoms with Gasteiger partial charge in [0.05, 0.1) is 34.8 Å². The Hall–Kier alpha value is -2.49. The maximum Gasteiger partial charge on any atom is 0.270 e. The third-order valence-electron chi connectivity index (χ3n) is 5.78. The molecule has 1 aromatic carbocycles. The Morgan fingerprint density at radius 3 is 2.81 bits per heavy atom. The number of nitrogens with one attached hydrogen (secondary N) is 1. The van der Waals surface area contributed by atoms with Crippen LogP contribution in [-0.4, -0.2) is 64.0 Å². The van der Waals surface area contributed by atoms with Gasteiger partial charge in [0.1, 0.15) is 18.1 Å². The molecule has 0 aliphatic carbocycles. The Bertz CT molecular complexity index is 1070. The van der Waals surface area contributed by atoms with Crippen LogP contribution in [0.2, 0.25) is 0 Å². The standard InChI is InChI=1S/C22H29N5O3S/c1-15-19(31-14-24-15)12-30-16-5-6-18-17(11-16)20(26(4)25-18)21(28)23-13-22(2,3)27-7-9-29-10-8-27/h5-6,11,14H,7-10,12-13H2,1-4H3,(H,23,28). The molecule has 1 saturated heterocycles. The van der Waals surface area contributed by atoms with Crippen LogP contribution >= 0.6 is 11.3 Å². The molecule has 3 aromatic rings. The van der Waals surface area contributed by atoms with Crippen molar-refractivity contribution in [3.8, 4) is 5.75 Å². The molecule has 0 unspecified atom stereocenters. The van der Waals surface area contributed by atoms with Gasteiger partial charge in [0.15, 0.2) is 0 Å². The van der Waals surface area contributed by atoms with Gasteiger partial charge in [0.25, 0.3) is 5.91 Å². The summed E-state index contributed by atoms with van der Waals surface area (Å²) in [5.41, 5.74) is 3.94. The predicted octanol–water partition coefficient (Wildman–Crippen LogP) is 2.76. The van der Waals surface area contributed by atoms with Crippen LogP contribution in [0.15, 0.2) is 23.7 Å². The number of carbonyl (C=O) groups excluding carboxylic acids is 1. The molecule has 1 fully saturated rings. The number of rotatable bonds is 7. The number of fused-ring (bicyclic) bond motifs is 1. The molecule has 31 heavy (non-hydrogen) atoms. The lowest BCUT2D eigenvalue weighted by Crippen LogP contribution is -2.55. The second-order valence-corrected chi connectivity index (χ2v) is 9.33. The van der Waals surface area contributed by atoms with Crippen molar-refractivity contribution >= 4 is 28.1 Å². The lowest BCUT2D eigenvalue weighted by molar-refractivity contribution is -0.00925. The van der Waals surface area contributed by atoms with Crippen LogP contribution < -0.4 is 10.1 Å². The van der Waals surface area contributed by atoms with E-state index in [1.165, 1.54) is 0 Å². The molecular weight excluding hydrogens is 414 g/mol. The molecule has 1 amide bonds. The fourth-order valence-corrected chi connectivity index (χ4v) is 4.50. The Kier molecular flexibility index (Phi) is 6.27. The third kappa shape index (κ3) is 4.73. The monoisotopic (exact) mass is 443 g/mol. The molecular formula is C22H29N5O3S. The molecule has 9 heteroatoms. The van der Waals surface area contributed by atoms with E-state index in [0.717, 1.165) is 47.8 Å². The number of morpholine rings is 1. The second-order valence-electron chi connectivity index (χ2n) is 8.40. The van der Waals surface area contributed by atoms with E-state index in [9.17, 15) is 4.79 Å². The largest absolute Gasteiger partial charge is 0.488 e. The highest BCUT2D eigenvalue weighted by atomic mass is 32.1. The van der Waals surface area contributed by atoms with E-state index in [4.69, 9.17) is 9.47 Å². The highest BCUT2D eigenvalue weighted by molar-refractivity contribution is 7.09. The number of nitrogens with zero attached hydrogens (tertiary/aromatic N) is 4. The number of benzene rings is 1. The maximum absolute atomic E-state index is 13.1. The zero-order valence-electron chi connectivity index (χ0n) is 18.5. The number of amides is 1. The van der Waals surface area contributed by atoms with Crippen molar-refractivity contribution in [2.45, 2.75) is 32.9 Å². The minimum absolute atomic E-state index is 0.137. The number of aryl methyl sites for hydroxylation is 2. The summed E-state index contributed by atoms with van der Waals surface area (Å²) in [6, 6.07) is 5.66. The Balaban J connectivity index is 1.48. The van der Waals surface area contributed by atoms with Gasteiger partial charge in [-0.1, -0.05) is 0 Å². The lowest BCUT2D eigenvalue weighted by Gasteiger charge is -2.40. The van der Waals surface area contributed by atoms with Gasteiger partial charge >= 0.3 is 0 Å². The summed E-state index contributed by atoms with van der Waals surface area (Å²) in [4.78, 5) is 20.8. The van der Waals surface area contributed by atoms with Crippen LogP contribution in [0.1, 0.15) is 34.9 Å². The second kappa shape index (κ2) is 8.94. The summed E-state index contributed by atoms with van der Waals surface area (Å²) in [7, 11) is 1.79. The molecule has 0 bridgehead atoms. The van der Waals surface area contributed by atoms with Crippen molar-refractivity contribution < 1.29 is 14.3 Å². The number of hydrogen-bond acceptors (Lipinski definition) is 7. The van der Waals surface area contributed by atoms with Crippen molar-refractivity contribution in [3.05, 3.63) is 40.0 Å². The SMILES string of the molecule is Cc1ncsc1COc1ccc2nn(C)c(C(=O)NCC(C)(C)N3CCOCC3)c2c1. The number of aromatic nitrogens is 3. The molecule has 0 saturated carbocycles. The van der Waals surface area contributed by atoms with Crippen LogP contribution in [0.25, 0.3) is 10.9 Å². The minimum atomic E-state index is -0.158. The van der Waals surface area contributed by atoms with Gasteiger partial charge in [-0.2, -0.15) is 5.10 Å². The van der Waals surface area contributed by atoms with E-state index >= 15 is 0 Å². The molecule has 166 valence electrons. The van der Waals surface area contributed by atoms with Crippen molar-refractivity contribution in [2.24, 2.45) is 7.05 Å². The molecule has 4 rings (SSSR count). The molecule has 3 heterocycles. The molecule has 1 aliphatic heterocycles. The fourth-order valence-electron chi connectivity index (χ4n) is 3.81. The molecule has 2 aromatic heterocycles. The van der Waals surface area contributed by atoms with Crippen molar-refractivity contribution in [2.75, 3.05) is 32.8 Å². The van der Waals surface area contributed by atoms with E-state index in [2.05, 4.69) is 34.1 Å². The van der Waals surface area contributed by atoms with Crippen LogP contribution in [-0.2, 0) is 18.4 Å². The molecule has 8 nitrogen and oxygen atoms in total. The van der Waals surface area contributed by atoms with Gasteiger partial charge in [-0.25, -0.2) is 4.98 Å². The number of carbonyl (C=O) groups is 1. The fraction of sp³-hybridized carbons (Fsp3) is 0.500. The molecule has 0 atom stereocenters. The Morgan fingerprint density at radius 1 is 1.32 bits per heavy atom. The van der Waals surface area contributed by atoms with E-state index in [0.29, 0.717) is 24.6 Å². The number of ether oxygens (including phenoxy) is 2. The average molecular weight is 444 g/mol. The summed E-state index contributed by atoms with van der Waals surface area (Å²) >= 11 is 1.58. The van der Waals surface area contributed by atoms with Gasteiger partial charge in [0.2, 0.25) is 0 Å². The zero-order chi connectivity index (χ0) is 22.0. The van der Waals surface area contributed by atoms with E-state index in [1.807, 2.05) is 30.6 Å². The average Bonchev–Trinajstić information content (AvgIpc) is 3.32. The van der Waals surface area contributed by atoms with Crippen molar-refractivity contribution in [3.63, 3.8) is 0 Å². The van der Waals surface area contributed by atoms with Crippen LogP contribution in [0.5, 0.6) is 5.75 Å². The first kappa shape index (κ1) is 21.7. The van der Waals surface area contributed by atoms with Gasteiger partial charge in [-0.15, -0.1) is 11.3 Å². The summed E-state index contributed by atoms with van der Waals surface area (Å²) in [6.45, 7) is 10.5. The van der Waals surface area contributed by atoms with Crippen LogP contribution in [0.4, 0.5) is 0 Å². The van der Waals surface area contributed by atoms with Gasteiger partial charge in [0, 0.05) is 37.6 Å². The summed E-state index contributed by atoms with van der Waals surface area (Å²) in [5.74, 6) is 0.567. The molecule has 0 spiro atoms. The summed E-state index contributed by atoms with van der Waals surface area (Å²) in [5, 5.41) is 8.39. The predicted molar refractivity (Wildman–Crippen MR) is 121 cm³/mol. The topological polar surface area (TPSA) is 81.5 Å². The quantitative estimate of drug-likeness (QED) is 0.605. The minimum Gasteiger partial charge on any atom is -0.488 e. The van der Waals surface area contributed by atoms with E-state index in [1.54, 1.807) is 23.1 Å². The van der Waals surface area contributed by atoms with Gasteiger partial charge in [-0.05, 0) is 39.0 Å². The number of thiazole rings is 1. The summed E-state index contributed by atoms with van der Waals surface area (Å²) in [6.07, 6.45) is 0. The van der Waals surface area contributed by atoms with Crippen LogP contribution in [0, 0.1) is 6.92 Å². The first-order chi connectivity index (χ1) is 14.8. The number of hydrogen-bond donors (Lipinski definition) is 1. The molecule has 0 radical (unpaired) electrons. The normalized spacial score (nSPS) is 15.4. The van der Waals surface area contributed by atoms with Crippen LogP contribution in [0.3, 0.4) is 0 Å². The lowest BCUT2D eigenvalue weighted by atomic mass is 10.0. The highest BCUT2D eigenvalue weighted by Gasteiger charge is 2.29. The highest BCUT2D eigenvalue weighted by Crippen LogP contribution is 2.25. The van der Waals surface area contributed by atoms with E-state index in [-0.39, 0.29) is 11.4 Å². The maximum atomic E-state index is 13.1. The summed E-state index contributed by atoms with van der Waals surface area (Å²) < 4.78 is 13.0. The molecule has 1 N–H and O–H groups in total. The van der Waals surface area contributed by atoms with Crippen molar-refractivity contribution in [1.29, 1.82) is 0 Å². The first-order valence-corrected chi connectivity index (χ1v) is 11.3.